The maximum Gasteiger partial charge on any atom is 0.264 e. The largest absolute Gasteiger partial charge is 0.463 e. The molecule has 1 aliphatic heterocycles. The van der Waals surface area contributed by atoms with Gasteiger partial charge in [0.1, 0.15) is 11.3 Å². The van der Waals surface area contributed by atoms with E-state index in [1.807, 2.05) is 48.5 Å². The zero-order chi connectivity index (χ0) is 20.3. The van der Waals surface area contributed by atoms with Gasteiger partial charge in [-0.05, 0) is 47.7 Å². The van der Waals surface area contributed by atoms with Crippen molar-refractivity contribution in [2.24, 2.45) is 10.2 Å². The molecule has 0 unspecified atom stereocenters. The highest BCUT2D eigenvalue weighted by atomic mass is 32.2. The predicted octanol–water partition coefficient (Wildman–Crippen LogP) is 4.68. The number of hydrogen-bond acceptors (Lipinski definition) is 7. The van der Waals surface area contributed by atoms with Crippen LogP contribution in [-0.4, -0.2) is 22.4 Å². The summed E-state index contributed by atoms with van der Waals surface area (Å²) in [5.74, 6) is 1.06. The normalized spacial score (nSPS) is 16.9. The number of carbonyl (C=O) groups is 1. The van der Waals surface area contributed by atoms with Gasteiger partial charge in [-0.25, -0.2) is 0 Å². The fraction of sp³-hybridized carbons (Fsp3) is 0. The molecule has 3 heterocycles. The van der Waals surface area contributed by atoms with E-state index in [4.69, 9.17) is 8.94 Å². The second kappa shape index (κ2) is 7.84. The fourth-order valence-electron chi connectivity index (χ4n) is 2.98. The van der Waals surface area contributed by atoms with E-state index in [9.17, 15) is 4.79 Å². The van der Waals surface area contributed by atoms with E-state index in [-0.39, 0.29) is 5.91 Å². The molecule has 1 saturated heterocycles. The lowest BCUT2D eigenvalue weighted by molar-refractivity contribution is -0.115. The van der Waals surface area contributed by atoms with Gasteiger partial charge < -0.3 is 8.94 Å². The first-order chi connectivity index (χ1) is 14.8. The number of thioether (sulfide) groups is 1. The van der Waals surface area contributed by atoms with E-state index < -0.39 is 0 Å². The van der Waals surface area contributed by atoms with Gasteiger partial charge in [0.05, 0.1) is 22.8 Å². The minimum atomic E-state index is -0.222. The molecule has 1 aliphatic rings. The maximum absolute atomic E-state index is 12.3. The molecule has 30 heavy (non-hydrogen) atoms. The van der Waals surface area contributed by atoms with Gasteiger partial charge in [0, 0.05) is 5.56 Å². The number of carbonyl (C=O) groups excluding carboxylic acids is 1. The van der Waals surface area contributed by atoms with Crippen molar-refractivity contribution in [3.05, 3.63) is 83.2 Å². The third kappa shape index (κ3) is 3.68. The van der Waals surface area contributed by atoms with E-state index in [0.29, 0.717) is 21.6 Å². The molecule has 2 aromatic carbocycles. The van der Waals surface area contributed by atoms with Crippen molar-refractivity contribution in [1.29, 1.82) is 0 Å². The summed E-state index contributed by atoms with van der Waals surface area (Å²) in [6.07, 6.45) is 4.84. The number of hydrogen-bond donors (Lipinski definition) is 1. The Kier molecular flexibility index (Phi) is 4.74. The Morgan fingerprint density at radius 2 is 1.97 bits per heavy atom. The Labute approximate surface area is 175 Å². The summed E-state index contributed by atoms with van der Waals surface area (Å²) >= 11 is 1.23. The predicted molar refractivity (Wildman–Crippen MR) is 117 cm³/mol. The highest BCUT2D eigenvalue weighted by Crippen LogP contribution is 2.31. The van der Waals surface area contributed by atoms with E-state index in [0.717, 1.165) is 22.0 Å². The first kappa shape index (κ1) is 18.1. The molecule has 0 bridgehead atoms. The quantitative estimate of drug-likeness (QED) is 0.297. The molecule has 2 aromatic heterocycles. The van der Waals surface area contributed by atoms with Gasteiger partial charge in [-0.3, -0.25) is 10.1 Å². The van der Waals surface area contributed by atoms with Gasteiger partial charge >= 0.3 is 0 Å². The van der Waals surface area contributed by atoms with Crippen LogP contribution in [0, 0.1) is 0 Å². The van der Waals surface area contributed by atoms with E-state index in [1.165, 1.54) is 18.0 Å². The second-order valence-corrected chi connectivity index (χ2v) is 7.41. The molecule has 0 aliphatic carbocycles. The molecule has 4 aromatic rings. The standard InChI is InChI=1S/C22H14N4O3S/c27-21-19(30-22(24-21)25-23-13-16-7-4-10-28-16)12-14-8-9-18-17(11-14)20(29-26-18)15-5-2-1-3-6-15/h1-13H,(H,24,25,27)/b19-12+,23-13+. The van der Waals surface area contributed by atoms with Crippen LogP contribution in [0.2, 0.25) is 0 Å². The van der Waals surface area contributed by atoms with E-state index in [2.05, 4.69) is 20.7 Å². The number of amides is 1. The topological polar surface area (TPSA) is 93.0 Å². The molecule has 0 atom stereocenters. The van der Waals surface area contributed by atoms with Crippen LogP contribution >= 0.6 is 11.8 Å². The maximum atomic E-state index is 12.3. The Balaban J connectivity index is 1.41. The van der Waals surface area contributed by atoms with Gasteiger partial charge in [-0.1, -0.05) is 41.6 Å². The number of furan rings is 1. The Morgan fingerprint density at radius 3 is 2.80 bits per heavy atom. The highest BCUT2D eigenvalue weighted by Gasteiger charge is 2.24. The van der Waals surface area contributed by atoms with Crippen molar-refractivity contribution in [2.45, 2.75) is 0 Å². The van der Waals surface area contributed by atoms with E-state index in [1.54, 1.807) is 24.5 Å². The van der Waals surface area contributed by atoms with Crippen LogP contribution in [0.1, 0.15) is 11.3 Å². The zero-order valence-electron chi connectivity index (χ0n) is 15.5. The third-order valence-corrected chi connectivity index (χ3v) is 5.26. The van der Waals surface area contributed by atoms with Crippen molar-refractivity contribution in [1.82, 2.24) is 10.5 Å². The lowest BCUT2D eigenvalue weighted by atomic mass is 10.1. The first-order valence-electron chi connectivity index (χ1n) is 9.06. The van der Waals surface area contributed by atoms with Crippen molar-refractivity contribution in [3.63, 3.8) is 0 Å². The van der Waals surface area contributed by atoms with Gasteiger partial charge in [-0.15, -0.1) is 5.10 Å². The van der Waals surface area contributed by atoms with Crippen molar-refractivity contribution < 1.29 is 13.7 Å². The lowest BCUT2D eigenvalue weighted by Crippen LogP contribution is -2.19. The first-order valence-corrected chi connectivity index (χ1v) is 9.88. The SMILES string of the molecule is O=C1N/C(=N\N=C\c2ccco2)S/C1=C/c1ccc2noc(-c3ccccc3)c2c1. The summed E-state index contributed by atoms with van der Waals surface area (Å²) in [7, 11) is 0. The van der Waals surface area contributed by atoms with Crippen molar-refractivity contribution in [2.75, 3.05) is 0 Å². The van der Waals surface area contributed by atoms with Crippen molar-refractivity contribution in [3.8, 4) is 11.3 Å². The number of fused-ring (bicyclic) bond motifs is 1. The smallest absolute Gasteiger partial charge is 0.264 e. The number of amidine groups is 1. The Morgan fingerprint density at radius 1 is 1.07 bits per heavy atom. The highest BCUT2D eigenvalue weighted by molar-refractivity contribution is 8.18. The van der Waals surface area contributed by atoms with Crippen LogP contribution in [0.3, 0.4) is 0 Å². The Bertz CT molecular complexity index is 1300. The second-order valence-electron chi connectivity index (χ2n) is 6.38. The third-order valence-electron chi connectivity index (χ3n) is 4.36. The van der Waals surface area contributed by atoms with Gasteiger partial charge in [0.2, 0.25) is 0 Å². The summed E-state index contributed by atoms with van der Waals surface area (Å²) in [5, 5.41) is 16.1. The minimum absolute atomic E-state index is 0.222. The number of aromatic nitrogens is 1. The summed E-state index contributed by atoms with van der Waals surface area (Å²) < 4.78 is 10.7. The number of nitrogens with zero attached hydrogens (tertiary/aromatic N) is 3. The van der Waals surface area contributed by atoms with Crippen LogP contribution in [0.15, 0.2) is 91.0 Å². The fourth-order valence-corrected chi connectivity index (χ4v) is 3.75. The van der Waals surface area contributed by atoms with Gasteiger partial charge in [0.15, 0.2) is 10.9 Å². The molecule has 7 nitrogen and oxygen atoms in total. The van der Waals surface area contributed by atoms with Crippen LogP contribution in [0.25, 0.3) is 28.3 Å². The number of nitrogens with one attached hydrogen (secondary N) is 1. The summed E-state index contributed by atoms with van der Waals surface area (Å²) in [4.78, 5) is 12.8. The molecule has 146 valence electrons. The molecule has 1 amide bonds. The van der Waals surface area contributed by atoms with E-state index >= 15 is 0 Å². The monoisotopic (exact) mass is 414 g/mol. The minimum Gasteiger partial charge on any atom is -0.463 e. The van der Waals surface area contributed by atoms with Crippen LogP contribution in [0.4, 0.5) is 0 Å². The number of rotatable bonds is 4. The molecule has 8 heteroatoms. The molecule has 0 saturated carbocycles. The molecule has 1 N–H and O–H groups in total. The molecule has 0 radical (unpaired) electrons. The lowest BCUT2D eigenvalue weighted by Gasteiger charge is -1.98. The van der Waals surface area contributed by atoms with Crippen LogP contribution in [0.5, 0.6) is 0 Å². The molecule has 5 rings (SSSR count). The summed E-state index contributed by atoms with van der Waals surface area (Å²) in [5.41, 5.74) is 2.57. The average molecular weight is 414 g/mol. The van der Waals surface area contributed by atoms with Gasteiger partial charge in [-0.2, -0.15) is 5.10 Å². The van der Waals surface area contributed by atoms with Crippen molar-refractivity contribution >= 4 is 46.0 Å². The van der Waals surface area contributed by atoms with Gasteiger partial charge in [0.25, 0.3) is 5.91 Å². The molecule has 0 spiro atoms. The summed E-state index contributed by atoms with van der Waals surface area (Å²) in [6.45, 7) is 0. The molecule has 1 fully saturated rings. The molecular weight excluding hydrogens is 400 g/mol. The van der Waals surface area contributed by atoms with Crippen LogP contribution in [-0.2, 0) is 4.79 Å². The molecular formula is C22H14N4O3S. The Hall–Kier alpha value is -3.91. The number of benzene rings is 2. The summed E-state index contributed by atoms with van der Waals surface area (Å²) in [6, 6.07) is 19.0. The van der Waals surface area contributed by atoms with Crippen LogP contribution < -0.4 is 5.32 Å². The zero-order valence-corrected chi connectivity index (χ0v) is 16.3. The average Bonchev–Trinajstić information content (AvgIpc) is 3.50.